The van der Waals surface area contributed by atoms with Crippen molar-refractivity contribution in [2.75, 3.05) is 26.7 Å². The summed E-state index contributed by atoms with van der Waals surface area (Å²) >= 11 is 0. The highest BCUT2D eigenvalue weighted by Crippen LogP contribution is 2.76. The first-order chi connectivity index (χ1) is 16.7. The maximum Gasteiger partial charge on any atom is 0.237 e. The van der Waals surface area contributed by atoms with Crippen molar-refractivity contribution in [3.8, 4) is 0 Å². The SMILES string of the molecule is CCN(CC)C(=O)CC1C=C2c3cccc4c3c(cn4C(=O)C3(C)CC34CCC4C)C[C@H]2N(C)C1. The van der Waals surface area contributed by atoms with E-state index in [1.54, 1.807) is 0 Å². The lowest BCUT2D eigenvalue weighted by Crippen LogP contribution is -2.43. The summed E-state index contributed by atoms with van der Waals surface area (Å²) in [5.74, 6) is 1.39. The van der Waals surface area contributed by atoms with Gasteiger partial charge in [-0.3, -0.25) is 19.1 Å². The van der Waals surface area contributed by atoms with Crippen molar-refractivity contribution in [1.82, 2.24) is 14.4 Å². The molecule has 186 valence electrons. The zero-order valence-electron chi connectivity index (χ0n) is 21.9. The number of amides is 1. The van der Waals surface area contributed by atoms with Crippen molar-refractivity contribution in [3.63, 3.8) is 0 Å². The Kier molecular flexibility index (Phi) is 5.13. The lowest BCUT2D eigenvalue weighted by Gasteiger charge is -2.40. The molecule has 6 rings (SSSR count). The van der Waals surface area contributed by atoms with E-state index < -0.39 is 0 Å². The van der Waals surface area contributed by atoms with Crippen LogP contribution in [0.4, 0.5) is 0 Å². The van der Waals surface area contributed by atoms with Crippen LogP contribution in [0, 0.1) is 22.7 Å². The van der Waals surface area contributed by atoms with Crippen molar-refractivity contribution in [3.05, 3.63) is 41.6 Å². The third-order valence-electron chi connectivity index (χ3n) is 10.3. The summed E-state index contributed by atoms with van der Waals surface area (Å²) in [7, 11) is 2.19. The first-order valence-corrected chi connectivity index (χ1v) is 13.6. The minimum Gasteiger partial charge on any atom is -0.343 e. The molecular weight excluding hydrogens is 434 g/mol. The Bertz CT molecular complexity index is 1250. The molecule has 0 bridgehead atoms. The second kappa shape index (κ2) is 7.80. The number of rotatable bonds is 5. The van der Waals surface area contributed by atoms with Crippen LogP contribution in [-0.2, 0) is 11.2 Å². The number of hydrogen-bond donors (Lipinski definition) is 0. The molecule has 0 N–H and O–H groups in total. The molecule has 5 heteroatoms. The maximum atomic E-state index is 13.9. The van der Waals surface area contributed by atoms with Gasteiger partial charge in [0.2, 0.25) is 11.8 Å². The van der Waals surface area contributed by atoms with Crippen molar-refractivity contribution in [2.24, 2.45) is 22.7 Å². The molecule has 0 saturated heterocycles. The molecule has 2 fully saturated rings. The Morgan fingerprint density at radius 1 is 1.20 bits per heavy atom. The van der Waals surface area contributed by atoms with Gasteiger partial charge < -0.3 is 4.90 Å². The molecule has 5 nitrogen and oxygen atoms in total. The molecular formula is C30H39N3O2. The third kappa shape index (κ3) is 3.09. The minimum absolute atomic E-state index is 0.213. The number of hydrogen-bond acceptors (Lipinski definition) is 3. The first-order valence-electron chi connectivity index (χ1n) is 13.6. The van der Waals surface area contributed by atoms with Crippen LogP contribution in [0.25, 0.3) is 16.5 Å². The van der Waals surface area contributed by atoms with E-state index in [2.05, 4.69) is 56.3 Å². The highest BCUT2D eigenvalue weighted by atomic mass is 16.2. The van der Waals surface area contributed by atoms with Gasteiger partial charge in [0.1, 0.15) is 0 Å². The van der Waals surface area contributed by atoms with Crippen LogP contribution < -0.4 is 0 Å². The van der Waals surface area contributed by atoms with E-state index in [0.29, 0.717) is 18.4 Å². The Labute approximate surface area is 209 Å². The van der Waals surface area contributed by atoms with Gasteiger partial charge in [-0.1, -0.05) is 32.1 Å². The fraction of sp³-hybridized carbons (Fsp3) is 0.600. The van der Waals surface area contributed by atoms with Crippen molar-refractivity contribution in [1.29, 1.82) is 0 Å². The number of fused-ring (bicyclic) bond motifs is 2. The average Bonchev–Trinajstić information content (AvgIpc) is 3.37. The van der Waals surface area contributed by atoms with E-state index >= 15 is 0 Å². The summed E-state index contributed by atoms with van der Waals surface area (Å²) in [4.78, 5) is 31.1. The average molecular weight is 474 g/mol. The van der Waals surface area contributed by atoms with E-state index in [9.17, 15) is 9.59 Å². The van der Waals surface area contributed by atoms with E-state index in [1.165, 1.54) is 34.9 Å². The summed E-state index contributed by atoms with van der Waals surface area (Å²) in [6, 6.07) is 6.75. The molecule has 35 heavy (non-hydrogen) atoms. The fourth-order valence-corrected chi connectivity index (χ4v) is 7.89. The van der Waals surface area contributed by atoms with Crippen LogP contribution in [0.5, 0.6) is 0 Å². The molecule has 1 aromatic carbocycles. The predicted octanol–water partition coefficient (Wildman–Crippen LogP) is 5.24. The largest absolute Gasteiger partial charge is 0.343 e. The smallest absolute Gasteiger partial charge is 0.237 e. The molecule has 2 saturated carbocycles. The Morgan fingerprint density at radius 2 is 1.97 bits per heavy atom. The molecule has 1 spiro atoms. The summed E-state index contributed by atoms with van der Waals surface area (Å²) in [5.41, 5.74) is 4.94. The number of aromatic nitrogens is 1. The van der Waals surface area contributed by atoms with Crippen molar-refractivity contribution in [2.45, 2.75) is 65.8 Å². The monoisotopic (exact) mass is 473 g/mol. The molecule has 1 aliphatic heterocycles. The highest BCUT2D eigenvalue weighted by molar-refractivity contribution is 6.04. The van der Waals surface area contributed by atoms with Gasteiger partial charge in [0.15, 0.2) is 0 Å². The topological polar surface area (TPSA) is 45.6 Å². The van der Waals surface area contributed by atoms with Crippen molar-refractivity contribution >= 4 is 28.3 Å². The molecule has 0 radical (unpaired) electrons. The Hall–Kier alpha value is -2.40. The molecule has 1 aromatic heterocycles. The number of nitrogens with zero attached hydrogens (tertiary/aromatic N) is 3. The minimum atomic E-state index is -0.226. The Morgan fingerprint density at radius 3 is 2.60 bits per heavy atom. The van der Waals surface area contributed by atoms with Gasteiger partial charge in [-0.2, -0.15) is 0 Å². The van der Waals surface area contributed by atoms with Gasteiger partial charge in [-0.05, 0) is 86.6 Å². The number of likely N-dealkylation sites (N-methyl/N-ethyl adjacent to an activating group) is 1. The lowest BCUT2D eigenvalue weighted by atomic mass is 9.67. The predicted molar refractivity (Wildman–Crippen MR) is 140 cm³/mol. The van der Waals surface area contributed by atoms with Crippen LogP contribution in [0.3, 0.4) is 0 Å². The van der Waals surface area contributed by atoms with E-state index in [0.717, 1.165) is 38.0 Å². The van der Waals surface area contributed by atoms with Gasteiger partial charge in [-0.15, -0.1) is 0 Å². The van der Waals surface area contributed by atoms with E-state index in [4.69, 9.17) is 0 Å². The number of carbonyl (C=O) groups is 2. The lowest BCUT2D eigenvalue weighted by molar-refractivity contribution is -0.131. The molecule has 2 aromatic rings. The summed E-state index contributed by atoms with van der Waals surface area (Å²) in [6.07, 6.45) is 9.49. The van der Waals surface area contributed by atoms with Gasteiger partial charge in [0.05, 0.1) is 10.9 Å². The molecule has 2 heterocycles. The van der Waals surface area contributed by atoms with Gasteiger partial charge in [0, 0.05) is 43.7 Å². The summed E-state index contributed by atoms with van der Waals surface area (Å²) < 4.78 is 1.99. The normalized spacial score (nSPS) is 33.3. The van der Waals surface area contributed by atoms with Crippen LogP contribution in [0.15, 0.2) is 30.5 Å². The van der Waals surface area contributed by atoms with Gasteiger partial charge in [0.25, 0.3) is 0 Å². The van der Waals surface area contributed by atoms with Gasteiger partial charge in [-0.25, -0.2) is 0 Å². The number of carbonyl (C=O) groups excluding carboxylic acids is 2. The standard InChI is InChI=1S/C30H39N3O2/c1-6-32(7-2)26(34)14-20-13-23-22-9-8-10-24-27(22)21(15-25(23)31(5)16-20)17-33(24)28(35)29(4)18-30(29)12-11-19(30)3/h8-10,13,17,19-20,25H,6-7,11-12,14-16,18H2,1-5H3/t19?,20?,25-,29?,30?/m1/s1. The second-order valence-electron chi connectivity index (χ2n) is 11.9. The van der Waals surface area contributed by atoms with E-state index in [1.807, 2.05) is 23.3 Å². The van der Waals surface area contributed by atoms with Crippen LogP contribution in [-0.4, -0.2) is 58.9 Å². The summed E-state index contributed by atoms with van der Waals surface area (Å²) in [5, 5.41) is 1.24. The molecule has 4 unspecified atom stereocenters. The number of benzene rings is 1. The van der Waals surface area contributed by atoms with Crippen LogP contribution >= 0.6 is 0 Å². The highest BCUT2D eigenvalue weighted by Gasteiger charge is 2.73. The zero-order chi connectivity index (χ0) is 24.7. The quantitative estimate of drug-likeness (QED) is 0.597. The molecule has 4 aliphatic rings. The maximum absolute atomic E-state index is 13.9. The van der Waals surface area contributed by atoms with Crippen molar-refractivity contribution < 1.29 is 9.59 Å². The van der Waals surface area contributed by atoms with Crippen LogP contribution in [0.1, 0.15) is 69.3 Å². The Balaban J connectivity index is 1.37. The van der Waals surface area contributed by atoms with E-state index in [-0.39, 0.29) is 28.6 Å². The molecule has 3 aliphatic carbocycles. The third-order valence-corrected chi connectivity index (χ3v) is 10.3. The zero-order valence-corrected chi connectivity index (χ0v) is 21.9. The molecule has 1 amide bonds. The van der Waals surface area contributed by atoms with Gasteiger partial charge >= 0.3 is 0 Å². The molecule has 5 atom stereocenters. The first kappa shape index (κ1) is 23.0. The fourth-order valence-electron chi connectivity index (χ4n) is 7.89. The van der Waals surface area contributed by atoms with Crippen LogP contribution in [0.2, 0.25) is 0 Å². The second-order valence-corrected chi connectivity index (χ2v) is 11.9. The summed E-state index contributed by atoms with van der Waals surface area (Å²) in [6.45, 7) is 11.0.